The molecule has 1 aliphatic heterocycles. The normalized spacial score (nSPS) is 19.1. The number of rotatable bonds is 3. The predicted octanol–water partition coefficient (Wildman–Crippen LogP) is 1.97. The van der Waals surface area contributed by atoms with Crippen LogP contribution in [0.4, 0.5) is 5.69 Å². The van der Waals surface area contributed by atoms with Gasteiger partial charge in [-0.05, 0) is 13.0 Å². The summed E-state index contributed by atoms with van der Waals surface area (Å²) in [5.41, 5.74) is 2.18. The first-order valence-corrected chi connectivity index (χ1v) is 6.40. The number of amides is 1. The first-order chi connectivity index (χ1) is 9.60. The molecule has 5 nitrogen and oxygen atoms in total. The highest BCUT2D eigenvalue weighted by atomic mass is 16.5. The third-order valence-electron chi connectivity index (χ3n) is 3.10. The van der Waals surface area contributed by atoms with Crippen molar-refractivity contribution in [2.75, 3.05) is 18.6 Å². The van der Waals surface area contributed by atoms with Crippen LogP contribution < -0.4 is 4.90 Å². The molecule has 20 heavy (non-hydrogen) atoms. The molecular weight excluding hydrogens is 258 g/mol. The molecule has 0 saturated carbocycles. The van der Waals surface area contributed by atoms with Gasteiger partial charge in [-0.25, -0.2) is 4.79 Å². The zero-order chi connectivity index (χ0) is 14.7. The van der Waals surface area contributed by atoms with Crippen molar-refractivity contribution in [1.29, 1.82) is 0 Å². The summed E-state index contributed by atoms with van der Waals surface area (Å²) in [6, 6.07) is 7.38. The lowest BCUT2D eigenvalue weighted by molar-refractivity contribution is -0.137. The number of para-hydroxylation sites is 1. The Kier molecular flexibility index (Phi) is 4.20. The van der Waals surface area contributed by atoms with E-state index >= 15 is 0 Å². The number of carbonyl (C=O) groups is 2. The van der Waals surface area contributed by atoms with Crippen molar-refractivity contribution in [3.63, 3.8) is 0 Å². The smallest absolute Gasteiger partial charge is 0.331 e. The fourth-order valence-corrected chi connectivity index (χ4v) is 2.35. The highest BCUT2D eigenvalue weighted by molar-refractivity contribution is 6.06. The zero-order valence-electron chi connectivity index (χ0n) is 11.8. The van der Waals surface area contributed by atoms with Crippen LogP contribution in [0.15, 0.2) is 30.3 Å². The second-order valence-electron chi connectivity index (χ2n) is 4.35. The highest BCUT2D eigenvalue weighted by Crippen LogP contribution is 2.40. The van der Waals surface area contributed by atoms with Crippen LogP contribution in [0.3, 0.4) is 0 Å². The van der Waals surface area contributed by atoms with Gasteiger partial charge in [0.05, 0.1) is 12.3 Å². The molecule has 1 aromatic carbocycles. The maximum absolute atomic E-state index is 11.8. The average Bonchev–Trinajstić information content (AvgIpc) is 2.73. The van der Waals surface area contributed by atoms with Gasteiger partial charge in [0, 0.05) is 31.2 Å². The number of fused-ring (bicyclic) bond motifs is 1. The molecule has 2 rings (SSSR count). The molecular formula is C15H17NO4. The largest absolute Gasteiger partial charge is 0.463 e. The van der Waals surface area contributed by atoms with E-state index in [1.54, 1.807) is 6.92 Å². The van der Waals surface area contributed by atoms with Crippen molar-refractivity contribution < 1.29 is 19.1 Å². The Hall–Kier alpha value is -2.14. The van der Waals surface area contributed by atoms with Crippen molar-refractivity contribution >= 4 is 23.1 Å². The molecule has 1 aromatic rings. The molecule has 106 valence electrons. The molecule has 1 unspecified atom stereocenters. The second-order valence-corrected chi connectivity index (χ2v) is 4.35. The minimum Gasteiger partial charge on any atom is -0.463 e. The maximum Gasteiger partial charge on any atom is 0.331 e. The molecule has 0 spiro atoms. The molecule has 1 aliphatic rings. The Bertz CT molecular complexity index is 565. The Morgan fingerprint density at radius 2 is 2.05 bits per heavy atom. The Balaban J connectivity index is 2.51. The summed E-state index contributed by atoms with van der Waals surface area (Å²) < 4.78 is 10.3. The van der Waals surface area contributed by atoms with E-state index in [0.717, 1.165) is 11.3 Å². The van der Waals surface area contributed by atoms with Crippen molar-refractivity contribution in [1.82, 2.24) is 0 Å². The van der Waals surface area contributed by atoms with Crippen LogP contribution in [0, 0.1) is 0 Å². The Labute approximate surface area is 117 Å². The van der Waals surface area contributed by atoms with Crippen LogP contribution >= 0.6 is 0 Å². The number of benzene rings is 1. The lowest BCUT2D eigenvalue weighted by Crippen LogP contribution is -2.36. The monoisotopic (exact) mass is 275 g/mol. The fraction of sp³-hybridized carbons (Fsp3) is 0.333. The van der Waals surface area contributed by atoms with E-state index in [0.29, 0.717) is 12.2 Å². The first kappa shape index (κ1) is 14.3. The number of hydrogen-bond acceptors (Lipinski definition) is 4. The summed E-state index contributed by atoms with van der Waals surface area (Å²) in [4.78, 5) is 25.1. The molecule has 0 saturated heterocycles. The quantitative estimate of drug-likeness (QED) is 0.625. The van der Waals surface area contributed by atoms with Gasteiger partial charge in [0.2, 0.25) is 5.91 Å². The molecule has 1 amide bonds. The van der Waals surface area contributed by atoms with E-state index in [-0.39, 0.29) is 5.91 Å². The standard InChI is InChI=1S/C15H17NO4/c1-4-20-14(18)9-12-11-7-5-6-8-13(11)16(10(2)17)15(12)19-3/h5-9,15H,4H2,1-3H3/b12-9+. The van der Waals surface area contributed by atoms with Gasteiger partial charge >= 0.3 is 5.97 Å². The Morgan fingerprint density at radius 1 is 1.35 bits per heavy atom. The van der Waals surface area contributed by atoms with Gasteiger partial charge in [0.15, 0.2) is 6.23 Å². The van der Waals surface area contributed by atoms with Gasteiger partial charge in [0.1, 0.15) is 0 Å². The predicted molar refractivity (Wildman–Crippen MR) is 75.0 cm³/mol. The minimum absolute atomic E-state index is 0.142. The highest BCUT2D eigenvalue weighted by Gasteiger charge is 2.36. The summed E-state index contributed by atoms with van der Waals surface area (Å²) in [6.07, 6.45) is 0.786. The van der Waals surface area contributed by atoms with Gasteiger partial charge in [0.25, 0.3) is 0 Å². The minimum atomic E-state index is -0.602. The van der Waals surface area contributed by atoms with E-state index in [4.69, 9.17) is 9.47 Å². The summed E-state index contributed by atoms with van der Waals surface area (Å²) in [5.74, 6) is -0.582. The van der Waals surface area contributed by atoms with E-state index in [1.807, 2.05) is 24.3 Å². The third-order valence-corrected chi connectivity index (χ3v) is 3.10. The summed E-state index contributed by atoms with van der Waals surface area (Å²) in [6.45, 7) is 3.52. The zero-order valence-corrected chi connectivity index (χ0v) is 11.8. The van der Waals surface area contributed by atoms with Crippen molar-refractivity contribution in [3.05, 3.63) is 35.9 Å². The van der Waals surface area contributed by atoms with Crippen LogP contribution in [0.25, 0.3) is 5.57 Å². The van der Waals surface area contributed by atoms with E-state index in [1.165, 1.54) is 25.0 Å². The van der Waals surface area contributed by atoms with Crippen LogP contribution in [-0.4, -0.2) is 31.8 Å². The molecule has 0 bridgehead atoms. The average molecular weight is 275 g/mol. The molecule has 1 atom stereocenters. The van der Waals surface area contributed by atoms with Gasteiger partial charge in [-0.3, -0.25) is 9.69 Å². The van der Waals surface area contributed by atoms with E-state index in [2.05, 4.69) is 0 Å². The maximum atomic E-state index is 11.8. The number of methoxy groups -OCH3 is 1. The molecule has 0 aliphatic carbocycles. The fourth-order valence-electron chi connectivity index (χ4n) is 2.35. The molecule has 0 N–H and O–H groups in total. The number of nitrogens with zero attached hydrogens (tertiary/aromatic N) is 1. The number of carbonyl (C=O) groups excluding carboxylic acids is 2. The summed E-state index contributed by atoms with van der Waals surface area (Å²) in [7, 11) is 1.51. The summed E-state index contributed by atoms with van der Waals surface area (Å²) >= 11 is 0. The topological polar surface area (TPSA) is 55.8 Å². The van der Waals surface area contributed by atoms with Crippen molar-refractivity contribution in [3.8, 4) is 0 Å². The van der Waals surface area contributed by atoms with Crippen LogP contribution in [0.1, 0.15) is 19.4 Å². The van der Waals surface area contributed by atoms with Gasteiger partial charge in [-0.15, -0.1) is 0 Å². The van der Waals surface area contributed by atoms with Crippen molar-refractivity contribution in [2.24, 2.45) is 0 Å². The Morgan fingerprint density at radius 3 is 2.65 bits per heavy atom. The lowest BCUT2D eigenvalue weighted by atomic mass is 10.1. The molecule has 0 aromatic heterocycles. The second kappa shape index (κ2) is 5.88. The molecule has 0 radical (unpaired) electrons. The van der Waals surface area contributed by atoms with Crippen LogP contribution in [-0.2, 0) is 19.1 Å². The lowest BCUT2D eigenvalue weighted by Gasteiger charge is -2.23. The van der Waals surface area contributed by atoms with E-state index in [9.17, 15) is 9.59 Å². The third kappa shape index (κ3) is 2.44. The van der Waals surface area contributed by atoms with Crippen LogP contribution in [0.2, 0.25) is 0 Å². The van der Waals surface area contributed by atoms with Gasteiger partial charge in [-0.1, -0.05) is 18.2 Å². The SMILES string of the molecule is CCOC(=O)/C=C1\c2ccccc2N(C(C)=O)C1OC. The van der Waals surface area contributed by atoms with Crippen molar-refractivity contribution in [2.45, 2.75) is 20.1 Å². The van der Waals surface area contributed by atoms with Gasteiger partial charge < -0.3 is 9.47 Å². The first-order valence-electron chi connectivity index (χ1n) is 6.40. The molecule has 0 fully saturated rings. The number of esters is 1. The number of ether oxygens (including phenoxy) is 2. The summed E-state index contributed by atoms with van der Waals surface area (Å²) in [5, 5.41) is 0. The van der Waals surface area contributed by atoms with E-state index < -0.39 is 12.2 Å². The number of anilines is 1. The molecule has 1 heterocycles. The molecule has 5 heteroatoms. The van der Waals surface area contributed by atoms with Gasteiger partial charge in [-0.2, -0.15) is 0 Å². The number of hydrogen-bond donors (Lipinski definition) is 0. The van der Waals surface area contributed by atoms with Crippen LogP contribution in [0.5, 0.6) is 0 Å².